The van der Waals surface area contributed by atoms with Crippen LogP contribution in [0.1, 0.15) is 5.56 Å². The summed E-state index contributed by atoms with van der Waals surface area (Å²) in [7, 11) is -2.49. The molecule has 8 nitrogen and oxygen atoms in total. The molecule has 3 aromatic carbocycles. The average molecular weight is 480 g/mol. The Morgan fingerprint density at radius 1 is 1.03 bits per heavy atom. The van der Waals surface area contributed by atoms with Crippen molar-refractivity contribution in [2.45, 2.75) is 4.90 Å². The molecule has 0 radical (unpaired) electrons. The molecule has 0 atom stereocenters. The van der Waals surface area contributed by atoms with Crippen LogP contribution in [-0.2, 0) is 14.8 Å². The molecular formula is C25H25N3O5S. The molecule has 1 amide bonds. The Kier molecular flexibility index (Phi) is 8.42. The fourth-order valence-electron chi connectivity index (χ4n) is 2.97. The number of hydrazone groups is 1. The van der Waals surface area contributed by atoms with Crippen LogP contribution in [0.4, 0.5) is 5.69 Å². The first-order valence-electron chi connectivity index (χ1n) is 10.3. The maximum absolute atomic E-state index is 13.3. The highest BCUT2D eigenvalue weighted by Crippen LogP contribution is 2.25. The van der Waals surface area contributed by atoms with Crippen molar-refractivity contribution in [3.05, 3.63) is 97.1 Å². The first-order valence-corrected chi connectivity index (χ1v) is 11.8. The van der Waals surface area contributed by atoms with Crippen LogP contribution in [0.15, 0.2) is 102 Å². The zero-order valence-electron chi connectivity index (χ0n) is 18.6. The summed E-state index contributed by atoms with van der Waals surface area (Å²) in [5, 5.41) is 3.95. The third-order valence-electron chi connectivity index (χ3n) is 4.61. The monoisotopic (exact) mass is 479 g/mol. The lowest BCUT2D eigenvalue weighted by atomic mass is 10.2. The van der Waals surface area contributed by atoms with E-state index in [4.69, 9.17) is 9.47 Å². The summed E-state index contributed by atoms with van der Waals surface area (Å²) in [6.07, 6.45) is 3.08. The van der Waals surface area contributed by atoms with Crippen LogP contribution in [0, 0.1) is 0 Å². The predicted molar refractivity (Wildman–Crippen MR) is 132 cm³/mol. The minimum atomic E-state index is -4.01. The molecule has 3 rings (SSSR count). The second-order valence-electron chi connectivity index (χ2n) is 6.99. The Morgan fingerprint density at radius 3 is 2.44 bits per heavy atom. The second kappa shape index (κ2) is 11.7. The van der Waals surface area contributed by atoms with Crippen molar-refractivity contribution in [1.82, 2.24) is 5.43 Å². The van der Waals surface area contributed by atoms with E-state index in [2.05, 4.69) is 17.1 Å². The summed E-state index contributed by atoms with van der Waals surface area (Å²) in [4.78, 5) is 12.7. The molecule has 0 fully saturated rings. The number of sulfonamides is 1. The molecule has 0 saturated heterocycles. The summed E-state index contributed by atoms with van der Waals surface area (Å²) in [5.41, 5.74) is 3.40. The summed E-state index contributed by atoms with van der Waals surface area (Å²) in [6, 6.07) is 21.4. The highest BCUT2D eigenvalue weighted by atomic mass is 32.2. The van der Waals surface area contributed by atoms with Crippen LogP contribution in [0.3, 0.4) is 0 Å². The molecule has 0 unspecified atom stereocenters. The molecule has 0 bridgehead atoms. The highest BCUT2D eigenvalue weighted by molar-refractivity contribution is 7.92. The molecule has 0 aromatic heterocycles. The summed E-state index contributed by atoms with van der Waals surface area (Å²) < 4.78 is 38.2. The Hall–Kier alpha value is -4.11. The van der Waals surface area contributed by atoms with E-state index in [9.17, 15) is 13.2 Å². The number of hydrogen-bond acceptors (Lipinski definition) is 6. The van der Waals surface area contributed by atoms with Crippen molar-refractivity contribution in [3.8, 4) is 11.5 Å². The van der Waals surface area contributed by atoms with Gasteiger partial charge < -0.3 is 9.47 Å². The number of anilines is 1. The van der Waals surface area contributed by atoms with E-state index in [0.29, 0.717) is 29.4 Å². The largest absolute Gasteiger partial charge is 0.497 e. The van der Waals surface area contributed by atoms with Gasteiger partial charge >= 0.3 is 0 Å². The number of nitrogens with one attached hydrogen (secondary N) is 1. The molecule has 0 aliphatic heterocycles. The Balaban J connectivity index is 1.77. The third-order valence-corrected chi connectivity index (χ3v) is 6.40. The van der Waals surface area contributed by atoms with E-state index in [-0.39, 0.29) is 4.90 Å². The highest BCUT2D eigenvalue weighted by Gasteiger charge is 2.27. The molecular weight excluding hydrogens is 454 g/mol. The number of nitrogens with zero attached hydrogens (tertiary/aromatic N) is 2. The first-order chi connectivity index (χ1) is 16.4. The fraction of sp³-hybridized carbons (Fsp3) is 0.120. The maximum atomic E-state index is 13.3. The molecule has 0 aliphatic carbocycles. The first kappa shape index (κ1) is 24.5. The van der Waals surface area contributed by atoms with E-state index in [0.717, 1.165) is 4.31 Å². The number of amides is 1. The lowest BCUT2D eigenvalue weighted by Crippen LogP contribution is -2.39. The van der Waals surface area contributed by atoms with Crippen molar-refractivity contribution in [3.63, 3.8) is 0 Å². The standard InChI is InChI=1S/C25H25N3O5S/c1-3-16-33-23-9-7-8-20(17-23)18-26-27-25(29)19-28(21-12-14-22(32-2)15-13-21)34(30,31)24-10-5-4-6-11-24/h3-15,17-18H,1,16,19H2,2H3,(H,27,29)/b26-18-. The van der Waals surface area contributed by atoms with E-state index in [1.807, 2.05) is 0 Å². The third kappa shape index (κ3) is 6.46. The summed E-state index contributed by atoms with van der Waals surface area (Å²) in [5.74, 6) is 0.592. The summed E-state index contributed by atoms with van der Waals surface area (Å²) >= 11 is 0. The van der Waals surface area contributed by atoms with E-state index >= 15 is 0 Å². The van der Waals surface area contributed by atoms with Crippen molar-refractivity contribution >= 4 is 27.8 Å². The molecule has 1 N–H and O–H groups in total. The van der Waals surface area contributed by atoms with E-state index in [1.165, 1.54) is 25.5 Å². The molecule has 0 heterocycles. The lowest BCUT2D eigenvalue weighted by molar-refractivity contribution is -0.119. The van der Waals surface area contributed by atoms with Crippen LogP contribution < -0.4 is 19.2 Å². The normalized spacial score (nSPS) is 11.1. The number of ether oxygens (including phenoxy) is 2. The van der Waals surface area contributed by atoms with Gasteiger partial charge in [-0.15, -0.1) is 0 Å². The smallest absolute Gasteiger partial charge is 0.264 e. The van der Waals surface area contributed by atoms with Crippen molar-refractivity contribution < 1.29 is 22.7 Å². The Morgan fingerprint density at radius 2 is 1.76 bits per heavy atom. The zero-order valence-corrected chi connectivity index (χ0v) is 19.4. The van der Waals surface area contributed by atoms with E-state index in [1.54, 1.807) is 72.8 Å². The average Bonchev–Trinajstić information content (AvgIpc) is 2.87. The Bertz CT molecular complexity index is 1240. The minimum Gasteiger partial charge on any atom is -0.497 e. The van der Waals surface area contributed by atoms with Gasteiger partial charge in [0.2, 0.25) is 0 Å². The minimum absolute atomic E-state index is 0.0680. The van der Waals surface area contributed by atoms with Crippen LogP contribution >= 0.6 is 0 Å². The number of carbonyl (C=O) groups is 1. The SMILES string of the molecule is C=CCOc1cccc(/C=N\NC(=O)CN(c2ccc(OC)cc2)S(=O)(=O)c2ccccc2)c1. The number of rotatable bonds is 11. The van der Waals surface area contributed by atoms with Crippen LogP contribution in [-0.4, -0.2) is 40.8 Å². The van der Waals surface area contributed by atoms with Gasteiger partial charge in [-0.3, -0.25) is 9.10 Å². The zero-order chi connectivity index (χ0) is 24.4. The molecule has 34 heavy (non-hydrogen) atoms. The van der Waals surface area contributed by atoms with Crippen LogP contribution in [0.2, 0.25) is 0 Å². The fourth-order valence-corrected chi connectivity index (χ4v) is 4.41. The number of hydrogen-bond donors (Lipinski definition) is 1. The molecule has 0 saturated carbocycles. The van der Waals surface area contributed by atoms with Gasteiger partial charge in [-0.2, -0.15) is 5.10 Å². The topological polar surface area (TPSA) is 97.3 Å². The predicted octanol–water partition coefficient (Wildman–Crippen LogP) is 3.61. The van der Waals surface area contributed by atoms with Gasteiger partial charge in [-0.05, 0) is 54.1 Å². The van der Waals surface area contributed by atoms with Crippen molar-refractivity contribution in [1.29, 1.82) is 0 Å². The van der Waals surface area contributed by atoms with Crippen LogP contribution in [0.25, 0.3) is 0 Å². The molecule has 176 valence electrons. The van der Waals surface area contributed by atoms with Gasteiger partial charge in [0.05, 0.1) is 23.9 Å². The van der Waals surface area contributed by atoms with Gasteiger partial charge in [0.15, 0.2) is 0 Å². The number of benzene rings is 3. The van der Waals surface area contributed by atoms with Gasteiger partial charge in [-0.25, -0.2) is 13.8 Å². The van der Waals surface area contributed by atoms with Gasteiger partial charge in [0, 0.05) is 0 Å². The van der Waals surface area contributed by atoms with Crippen molar-refractivity contribution in [2.75, 3.05) is 24.6 Å². The second-order valence-corrected chi connectivity index (χ2v) is 8.85. The Labute approximate surface area is 199 Å². The number of methoxy groups -OCH3 is 1. The van der Waals surface area contributed by atoms with Gasteiger partial charge in [0.1, 0.15) is 24.7 Å². The molecule has 0 aliphatic rings. The summed E-state index contributed by atoms with van der Waals surface area (Å²) in [6.45, 7) is 3.51. The quantitative estimate of drug-likeness (QED) is 0.257. The lowest BCUT2D eigenvalue weighted by Gasteiger charge is -2.23. The van der Waals surface area contributed by atoms with E-state index < -0.39 is 22.5 Å². The van der Waals surface area contributed by atoms with Crippen molar-refractivity contribution in [2.24, 2.45) is 5.10 Å². The molecule has 3 aromatic rings. The van der Waals surface area contributed by atoms with Crippen LogP contribution in [0.5, 0.6) is 11.5 Å². The number of carbonyl (C=O) groups excluding carboxylic acids is 1. The maximum Gasteiger partial charge on any atom is 0.264 e. The van der Waals surface area contributed by atoms with Gasteiger partial charge in [-0.1, -0.05) is 43.0 Å². The molecule has 0 spiro atoms. The van der Waals surface area contributed by atoms with Gasteiger partial charge in [0.25, 0.3) is 15.9 Å². The molecule has 9 heteroatoms.